The number of aryl methyl sites for hydroxylation is 1. The SMILES string of the molecule is CN=C(NCc1ccccc1CN1CCCCCC1)N(C)Cc1cnn(C)c1.I. The molecule has 0 bridgehead atoms. The van der Waals surface area contributed by atoms with Gasteiger partial charge >= 0.3 is 0 Å². The molecule has 0 radical (unpaired) electrons. The molecule has 3 rings (SSSR count). The van der Waals surface area contributed by atoms with E-state index in [2.05, 4.69) is 56.5 Å². The summed E-state index contributed by atoms with van der Waals surface area (Å²) in [5.74, 6) is 0.897. The van der Waals surface area contributed by atoms with Gasteiger partial charge in [0.25, 0.3) is 0 Å². The molecule has 1 aromatic carbocycles. The van der Waals surface area contributed by atoms with Crippen LogP contribution >= 0.6 is 24.0 Å². The summed E-state index contributed by atoms with van der Waals surface area (Å²) in [6.07, 6.45) is 9.34. The summed E-state index contributed by atoms with van der Waals surface area (Å²) in [6, 6.07) is 8.78. The van der Waals surface area contributed by atoms with Crippen molar-refractivity contribution in [3.05, 3.63) is 53.3 Å². The minimum atomic E-state index is 0. The maximum atomic E-state index is 4.46. The van der Waals surface area contributed by atoms with E-state index >= 15 is 0 Å². The van der Waals surface area contributed by atoms with Crippen LogP contribution < -0.4 is 5.32 Å². The zero-order valence-corrected chi connectivity index (χ0v) is 20.3. The third-order valence-corrected chi connectivity index (χ3v) is 5.40. The van der Waals surface area contributed by atoms with E-state index in [0.717, 1.165) is 25.6 Å². The molecule has 7 heteroatoms. The van der Waals surface area contributed by atoms with E-state index in [1.807, 2.05) is 31.2 Å². The van der Waals surface area contributed by atoms with Crippen molar-refractivity contribution in [3.63, 3.8) is 0 Å². The average molecular weight is 510 g/mol. The summed E-state index contributed by atoms with van der Waals surface area (Å²) >= 11 is 0. The highest BCUT2D eigenvalue weighted by Crippen LogP contribution is 2.16. The molecule has 160 valence electrons. The van der Waals surface area contributed by atoms with Crippen molar-refractivity contribution in [1.29, 1.82) is 0 Å². The Morgan fingerprint density at radius 3 is 2.45 bits per heavy atom. The highest BCUT2D eigenvalue weighted by molar-refractivity contribution is 14.0. The van der Waals surface area contributed by atoms with Gasteiger partial charge in [-0.25, -0.2) is 0 Å². The predicted octanol–water partition coefficient (Wildman–Crippen LogP) is 3.62. The molecule has 0 amide bonds. The first-order valence-electron chi connectivity index (χ1n) is 10.3. The molecule has 0 aliphatic carbocycles. The summed E-state index contributed by atoms with van der Waals surface area (Å²) in [7, 11) is 5.84. The van der Waals surface area contributed by atoms with Crippen LogP contribution in [0.3, 0.4) is 0 Å². The summed E-state index contributed by atoms with van der Waals surface area (Å²) in [6.45, 7) is 5.05. The van der Waals surface area contributed by atoms with Crippen LogP contribution in [0.1, 0.15) is 42.4 Å². The van der Waals surface area contributed by atoms with Crippen LogP contribution in [0, 0.1) is 0 Å². The number of rotatable bonds is 6. The van der Waals surface area contributed by atoms with Gasteiger partial charge in [0.1, 0.15) is 0 Å². The van der Waals surface area contributed by atoms with E-state index in [9.17, 15) is 0 Å². The zero-order valence-electron chi connectivity index (χ0n) is 18.0. The minimum Gasteiger partial charge on any atom is -0.352 e. The Kier molecular flexibility index (Phi) is 9.93. The Hall–Kier alpha value is -1.61. The number of nitrogens with one attached hydrogen (secondary N) is 1. The third-order valence-electron chi connectivity index (χ3n) is 5.40. The number of halogens is 1. The first-order valence-corrected chi connectivity index (χ1v) is 10.3. The van der Waals surface area contributed by atoms with Crippen molar-refractivity contribution in [1.82, 2.24) is 24.9 Å². The number of aliphatic imine (C=N–C) groups is 1. The lowest BCUT2D eigenvalue weighted by Gasteiger charge is -2.24. The highest BCUT2D eigenvalue weighted by Gasteiger charge is 2.13. The lowest BCUT2D eigenvalue weighted by Crippen LogP contribution is -2.38. The minimum absolute atomic E-state index is 0. The molecular formula is C22H35IN6. The van der Waals surface area contributed by atoms with Crippen LogP contribution in [0.2, 0.25) is 0 Å². The summed E-state index contributed by atoms with van der Waals surface area (Å²) in [5, 5.41) is 7.78. The highest BCUT2D eigenvalue weighted by atomic mass is 127. The Morgan fingerprint density at radius 1 is 1.14 bits per heavy atom. The molecule has 0 unspecified atom stereocenters. The number of guanidine groups is 1. The van der Waals surface area contributed by atoms with Gasteiger partial charge in [-0.15, -0.1) is 24.0 Å². The van der Waals surface area contributed by atoms with Crippen molar-refractivity contribution < 1.29 is 0 Å². The van der Waals surface area contributed by atoms with Gasteiger partial charge in [0.15, 0.2) is 5.96 Å². The topological polar surface area (TPSA) is 48.7 Å². The summed E-state index contributed by atoms with van der Waals surface area (Å²) in [4.78, 5) is 9.20. The van der Waals surface area contributed by atoms with Crippen LogP contribution in [0.5, 0.6) is 0 Å². The van der Waals surface area contributed by atoms with Gasteiger partial charge in [-0.2, -0.15) is 5.10 Å². The van der Waals surface area contributed by atoms with Gasteiger partial charge in [-0.3, -0.25) is 14.6 Å². The summed E-state index contributed by atoms with van der Waals surface area (Å²) < 4.78 is 1.83. The van der Waals surface area contributed by atoms with Gasteiger partial charge in [0, 0.05) is 52.5 Å². The Bertz CT molecular complexity index is 764. The number of hydrogen-bond donors (Lipinski definition) is 1. The molecule has 1 saturated heterocycles. The second kappa shape index (κ2) is 12.2. The monoisotopic (exact) mass is 510 g/mol. The second-order valence-corrected chi connectivity index (χ2v) is 7.74. The van der Waals surface area contributed by atoms with E-state index in [1.54, 1.807) is 0 Å². The Morgan fingerprint density at radius 2 is 1.83 bits per heavy atom. The molecule has 1 aliphatic rings. The normalized spacial score (nSPS) is 15.5. The molecular weight excluding hydrogens is 475 g/mol. The molecule has 6 nitrogen and oxygen atoms in total. The molecule has 0 atom stereocenters. The molecule has 1 aromatic heterocycles. The Balaban J connectivity index is 0.00000300. The number of hydrogen-bond acceptors (Lipinski definition) is 3. The molecule has 2 aromatic rings. The van der Waals surface area contributed by atoms with Crippen LogP contribution in [0.25, 0.3) is 0 Å². The Labute approximate surface area is 192 Å². The van der Waals surface area contributed by atoms with Crippen LogP contribution in [0.4, 0.5) is 0 Å². The lowest BCUT2D eigenvalue weighted by molar-refractivity contribution is 0.276. The first-order chi connectivity index (χ1) is 13.7. The van der Waals surface area contributed by atoms with Crippen molar-refractivity contribution in [2.75, 3.05) is 27.2 Å². The fourth-order valence-corrected chi connectivity index (χ4v) is 3.88. The number of nitrogens with zero attached hydrogens (tertiary/aromatic N) is 5. The van der Waals surface area contributed by atoms with Crippen molar-refractivity contribution in [3.8, 4) is 0 Å². The number of aromatic nitrogens is 2. The summed E-state index contributed by atoms with van der Waals surface area (Å²) in [5.41, 5.74) is 3.94. The largest absolute Gasteiger partial charge is 0.352 e. The third kappa shape index (κ3) is 7.29. The van der Waals surface area contributed by atoms with E-state index in [-0.39, 0.29) is 24.0 Å². The molecule has 1 aliphatic heterocycles. The fraction of sp³-hybridized carbons (Fsp3) is 0.545. The molecule has 1 fully saturated rings. The van der Waals surface area contributed by atoms with Gasteiger partial charge in [0.05, 0.1) is 6.20 Å². The molecule has 0 spiro atoms. The predicted molar refractivity (Wildman–Crippen MR) is 130 cm³/mol. The van der Waals surface area contributed by atoms with Crippen molar-refractivity contribution >= 4 is 29.9 Å². The van der Waals surface area contributed by atoms with E-state index in [1.165, 1.54) is 55.5 Å². The quantitative estimate of drug-likeness (QED) is 0.367. The van der Waals surface area contributed by atoms with Crippen molar-refractivity contribution in [2.24, 2.45) is 12.0 Å². The molecule has 0 saturated carbocycles. The maximum absolute atomic E-state index is 4.46. The van der Waals surface area contributed by atoms with Crippen molar-refractivity contribution in [2.45, 2.75) is 45.3 Å². The maximum Gasteiger partial charge on any atom is 0.193 e. The van der Waals surface area contributed by atoms with Gasteiger partial charge in [-0.1, -0.05) is 37.1 Å². The van der Waals surface area contributed by atoms with E-state index in [0.29, 0.717) is 0 Å². The molecule has 29 heavy (non-hydrogen) atoms. The van der Waals surface area contributed by atoms with Crippen LogP contribution in [0.15, 0.2) is 41.7 Å². The van der Waals surface area contributed by atoms with Crippen LogP contribution in [-0.2, 0) is 26.7 Å². The number of likely N-dealkylation sites (tertiary alicyclic amines) is 1. The van der Waals surface area contributed by atoms with E-state index in [4.69, 9.17) is 0 Å². The van der Waals surface area contributed by atoms with Gasteiger partial charge in [0.2, 0.25) is 0 Å². The molecule has 1 N–H and O–H groups in total. The zero-order chi connectivity index (χ0) is 19.8. The average Bonchev–Trinajstić information content (AvgIpc) is 2.93. The van der Waals surface area contributed by atoms with Crippen LogP contribution in [-0.4, -0.2) is 52.7 Å². The first kappa shape index (κ1) is 23.7. The number of benzene rings is 1. The molecule has 2 heterocycles. The second-order valence-electron chi connectivity index (χ2n) is 7.74. The fourth-order valence-electron chi connectivity index (χ4n) is 3.88. The standard InChI is InChI=1S/C22H34N6.HI/c1-23-22(26(2)16-19-14-25-27(3)17-19)24-15-20-10-6-7-11-21(20)18-28-12-8-4-5-9-13-28;/h6-7,10-11,14,17H,4-5,8-9,12-13,15-16,18H2,1-3H3,(H,23,24);1H. The smallest absolute Gasteiger partial charge is 0.193 e. The van der Waals surface area contributed by atoms with Gasteiger partial charge in [-0.05, 0) is 37.1 Å². The lowest BCUT2D eigenvalue weighted by atomic mass is 10.1. The van der Waals surface area contributed by atoms with Gasteiger partial charge < -0.3 is 10.2 Å². The van der Waals surface area contributed by atoms with E-state index < -0.39 is 0 Å².